The SMILES string of the molecule is CN1CC2(CCN(C(=O)c3cccnc3N(C)C3CCCCC3)CC2)OC1=O. The molecule has 0 radical (unpaired) electrons. The normalized spacial score (nSPS) is 22.4. The molecular formula is C21H30N4O3. The summed E-state index contributed by atoms with van der Waals surface area (Å²) in [5.74, 6) is 0.810. The summed E-state index contributed by atoms with van der Waals surface area (Å²) in [6.07, 6.45) is 8.98. The van der Waals surface area contributed by atoms with Crippen LogP contribution in [0.3, 0.4) is 0 Å². The van der Waals surface area contributed by atoms with Gasteiger partial charge in [-0.3, -0.25) is 4.79 Å². The highest BCUT2D eigenvalue weighted by molar-refractivity contribution is 5.99. The highest BCUT2D eigenvalue weighted by Gasteiger charge is 2.46. The number of carbonyl (C=O) groups excluding carboxylic acids is 2. The van der Waals surface area contributed by atoms with Crippen molar-refractivity contribution in [2.75, 3.05) is 38.6 Å². The van der Waals surface area contributed by atoms with Crippen LogP contribution in [0.5, 0.6) is 0 Å². The molecule has 3 fully saturated rings. The van der Waals surface area contributed by atoms with Gasteiger partial charge in [0.25, 0.3) is 5.91 Å². The van der Waals surface area contributed by atoms with Gasteiger partial charge in [0.15, 0.2) is 0 Å². The molecule has 1 aromatic rings. The molecule has 1 aliphatic carbocycles. The molecule has 3 aliphatic rings. The van der Waals surface area contributed by atoms with Crippen LogP contribution < -0.4 is 4.90 Å². The molecule has 0 N–H and O–H groups in total. The van der Waals surface area contributed by atoms with Crippen LogP contribution in [-0.2, 0) is 4.74 Å². The molecule has 2 saturated heterocycles. The predicted octanol–water partition coefficient (Wildman–Crippen LogP) is 2.91. The van der Waals surface area contributed by atoms with Gasteiger partial charge in [-0.25, -0.2) is 9.78 Å². The van der Waals surface area contributed by atoms with Crippen LogP contribution in [0.2, 0.25) is 0 Å². The molecule has 2 aliphatic heterocycles. The van der Waals surface area contributed by atoms with Crippen LogP contribution in [0, 0.1) is 0 Å². The zero-order valence-corrected chi connectivity index (χ0v) is 16.9. The quantitative estimate of drug-likeness (QED) is 0.799. The van der Waals surface area contributed by atoms with Crippen molar-refractivity contribution in [3.63, 3.8) is 0 Å². The van der Waals surface area contributed by atoms with Crippen LogP contribution in [0.25, 0.3) is 0 Å². The Morgan fingerprint density at radius 3 is 2.61 bits per heavy atom. The summed E-state index contributed by atoms with van der Waals surface area (Å²) in [4.78, 5) is 35.3. The summed E-state index contributed by atoms with van der Waals surface area (Å²) < 4.78 is 5.61. The van der Waals surface area contributed by atoms with E-state index in [9.17, 15) is 9.59 Å². The topological polar surface area (TPSA) is 66.0 Å². The van der Waals surface area contributed by atoms with E-state index in [2.05, 4.69) is 16.9 Å². The van der Waals surface area contributed by atoms with Gasteiger partial charge in [-0.05, 0) is 25.0 Å². The smallest absolute Gasteiger partial charge is 0.410 e. The summed E-state index contributed by atoms with van der Waals surface area (Å²) in [5.41, 5.74) is 0.242. The Bertz CT molecular complexity index is 739. The Hall–Kier alpha value is -2.31. The van der Waals surface area contributed by atoms with Crippen molar-refractivity contribution in [1.82, 2.24) is 14.8 Å². The lowest BCUT2D eigenvalue weighted by atomic mass is 9.91. The Kier molecular flexibility index (Phi) is 5.17. The fourth-order valence-electron chi connectivity index (χ4n) is 4.83. The molecule has 28 heavy (non-hydrogen) atoms. The number of hydrogen-bond donors (Lipinski definition) is 0. The maximum atomic E-state index is 13.3. The van der Waals surface area contributed by atoms with Crippen molar-refractivity contribution in [2.24, 2.45) is 0 Å². The van der Waals surface area contributed by atoms with E-state index in [-0.39, 0.29) is 12.0 Å². The van der Waals surface area contributed by atoms with Gasteiger partial charge in [0.05, 0.1) is 12.1 Å². The fraction of sp³-hybridized carbons (Fsp3) is 0.667. The number of hydrogen-bond acceptors (Lipinski definition) is 5. The van der Waals surface area contributed by atoms with Gasteiger partial charge in [0.2, 0.25) is 0 Å². The Morgan fingerprint density at radius 2 is 1.96 bits per heavy atom. The first-order valence-electron chi connectivity index (χ1n) is 10.4. The van der Waals surface area contributed by atoms with E-state index in [1.54, 1.807) is 18.1 Å². The minimum atomic E-state index is -0.431. The lowest BCUT2D eigenvalue weighted by Gasteiger charge is -2.38. The van der Waals surface area contributed by atoms with E-state index in [0.29, 0.717) is 44.1 Å². The number of piperidine rings is 1. The van der Waals surface area contributed by atoms with Crippen molar-refractivity contribution in [3.8, 4) is 0 Å². The number of amides is 2. The number of aromatic nitrogens is 1. The second-order valence-corrected chi connectivity index (χ2v) is 8.48. The largest absolute Gasteiger partial charge is 0.441 e. The molecule has 1 aromatic heterocycles. The first-order valence-corrected chi connectivity index (χ1v) is 10.4. The van der Waals surface area contributed by atoms with E-state index in [1.807, 2.05) is 17.0 Å². The minimum Gasteiger partial charge on any atom is -0.441 e. The van der Waals surface area contributed by atoms with E-state index in [1.165, 1.54) is 19.3 Å². The van der Waals surface area contributed by atoms with E-state index >= 15 is 0 Å². The number of likely N-dealkylation sites (N-methyl/N-ethyl adjacent to an activating group) is 1. The van der Waals surface area contributed by atoms with E-state index < -0.39 is 5.60 Å². The van der Waals surface area contributed by atoms with Crippen LogP contribution in [-0.4, -0.2) is 72.2 Å². The highest BCUT2D eigenvalue weighted by Crippen LogP contribution is 2.34. The molecule has 4 rings (SSSR count). The average Bonchev–Trinajstić information content (AvgIpc) is 3.01. The van der Waals surface area contributed by atoms with Gasteiger partial charge in [0.1, 0.15) is 11.4 Å². The lowest BCUT2D eigenvalue weighted by molar-refractivity contribution is 0.00318. The molecule has 0 bridgehead atoms. The summed E-state index contributed by atoms with van der Waals surface area (Å²) in [5, 5.41) is 0. The standard InChI is InChI=1S/C21H30N4O3/c1-23-15-21(28-20(23)27)10-13-25(14-11-21)19(26)17-9-6-12-22-18(17)24(2)16-7-4-3-5-8-16/h6,9,12,16H,3-5,7-8,10-11,13-15H2,1-2H3. The molecule has 7 nitrogen and oxygen atoms in total. The molecule has 2 amide bonds. The van der Waals surface area contributed by atoms with Gasteiger partial charge < -0.3 is 19.4 Å². The lowest BCUT2D eigenvalue weighted by Crippen LogP contribution is -2.49. The summed E-state index contributed by atoms with van der Waals surface area (Å²) in [6.45, 7) is 1.80. The van der Waals surface area contributed by atoms with Crippen LogP contribution in [0.4, 0.5) is 10.6 Å². The Balaban J connectivity index is 1.46. The van der Waals surface area contributed by atoms with Crippen molar-refractivity contribution in [3.05, 3.63) is 23.9 Å². The molecule has 7 heteroatoms. The van der Waals surface area contributed by atoms with Gasteiger partial charge in [-0.2, -0.15) is 0 Å². The molecule has 0 atom stereocenters. The second-order valence-electron chi connectivity index (χ2n) is 8.48. The van der Waals surface area contributed by atoms with Crippen molar-refractivity contribution >= 4 is 17.8 Å². The third-order valence-corrected chi connectivity index (χ3v) is 6.58. The maximum absolute atomic E-state index is 13.3. The average molecular weight is 386 g/mol. The van der Waals surface area contributed by atoms with Gasteiger partial charge >= 0.3 is 6.09 Å². The maximum Gasteiger partial charge on any atom is 0.410 e. The number of carbonyl (C=O) groups is 2. The van der Waals surface area contributed by atoms with E-state index in [4.69, 9.17) is 4.74 Å². The zero-order valence-electron chi connectivity index (χ0n) is 16.9. The second kappa shape index (κ2) is 7.60. The van der Waals surface area contributed by atoms with Crippen molar-refractivity contribution < 1.29 is 14.3 Å². The molecule has 1 spiro atoms. The van der Waals surface area contributed by atoms with Crippen molar-refractivity contribution in [1.29, 1.82) is 0 Å². The molecule has 1 saturated carbocycles. The molecule has 3 heterocycles. The third kappa shape index (κ3) is 3.54. The third-order valence-electron chi connectivity index (χ3n) is 6.58. The first kappa shape index (κ1) is 19.0. The number of nitrogens with zero attached hydrogens (tertiary/aromatic N) is 4. The summed E-state index contributed by atoms with van der Waals surface area (Å²) in [7, 11) is 3.83. The number of pyridine rings is 1. The van der Waals surface area contributed by atoms with Crippen LogP contribution in [0.15, 0.2) is 18.3 Å². The molecule has 0 aromatic carbocycles. The summed E-state index contributed by atoms with van der Waals surface area (Å²) in [6, 6.07) is 4.18. The number of anilines is 1. The van der Waals surface area contributed by atoms with Crippen LogP contribution in [0.1, 0.15) is 55.3 Å². The van der Waals surface area contributed by atoms with Crippen molar-refractivity contribution in [2.45, 2.75) is 56.6 Å². The van der Waals surface area contributed by atoms with Gasteiger partial charge in [-0.1, -0.05) is 19.3 Å². The van der Waals surface area contributed by atoms with Gasteiger partial charge in [-0.15, -0.1) is 0 Å². The highest BCUT2D eigenvalue weighted by atomic mass is 16.6. The Labute approximate surface area is 166 Å². The van der Waals surface area contributed by atoms with Gasteiger partial charge in [0, 0.05) is 52.3 Å². The minimum absolute atomic E-state index is 0.0262. The monoisotopic (exact) mass is 386 g/mol. The molecule has 152 valence electrons. The van der Waals surface area contributed by atoms with E-state index in [0.717, 1.165) is 18.7 Å². The zero-order chi connectivity index (χ0) is 19.7. The van der Waals surface area contributed by atoms with Crippen LogP contribution >= 0.6 is 0 Å². The number of ether oxygens (including phenoxy) is 1. The summed E-state index contributed by atoms with van der Waals surface area (Å²) >= 11 is 0. The molecular weight excluding hydrogens is 356 g/mol. The molecule has 0 unspecified atom stereocenters. The first-order chi connectivity index (χ1) is 13.5. The Morgan fingerprint density at radius 1 is 1.25 bits per heavy atom. The number of rotatable bonds is 3. The number of likely N-dealkylation sites (tertiary alicyclic amines) is 1. The fourth-order valence-corrected chi connectivity index (χ4v) is 4.83. The predicted molar refractivity (Wildman–Crippen MR) is 106 cm³/mol.